The lowest BCUT2D eigenvalue weighted by Gasteiger charge is -2.45. The lowest BCUT2D eigenvalue weighted by molar-refractivity contribution is -0.345. The summed E-state index contributed by atoms with van der Waals surface area (Å²) in [5.41, 5.74) is -0.820. The van der Waals surface area contributed by atoms with Crippen LogP contribution in [-0.4, -0.2) is 107 Å². The maximum Gasteiger partial charge on any atom is 0.229 e. The molecule has 15 nitrogen and oxygen atoms in total. The summed E-state index contributed by atoms with van der Waals surface area (Å²) in [5, 5.41) is 92.1. The molecule has 2 saturated heterocycles. The molecule has 0 aliphatic carbocycles. The van der Waals surface area contributed by atoms with Crippen molar-refractivity contribution in [2.45, 2.75) is 75.3 Å². The van der Waals surface area contributed by atoms with Crippen molar-refractivity contribution in [2.75, 3.05) is 0 Å². The van der Waals surface area contributed by atoms with Gasteiger partial charge in [0.1, 0.15) is 64.9 Å². The zero-order chi connectivity index (χ0) is 30.6. The zero-order valence-corrected chi connectivity index (χ0v) is 22.1. The quantitative estimate of drug-likeness (QED) is 0.166. The largest absolute Gasteiger partial charge is 0.508 e. The van der Waals surface area contributed by atoms with Gasteiger partial charge < -0.3 is 69.3 Å². The van der Waals surface area contributed by atoms with E-state index in [2.05, 4.69) is 0 Å². The number of hydrogen-bond donors (Lipinski definition) is 9. The third-order valence-electron chi connectivity index (χ3n) is 7.25. The highest BCUT2D eigenvalue weighted by Gasteiger charge is 2.49. The van der Waals surface area contributed by atoms with Gasteiger partial charge >= 0.3 is 0 Å². The Balaban J connectivity index is 1.38. The summed E-state index contributed by atoms with van der Waals surface area (Å²) in [6.07, 6.45) is -14.5. The van der Waals surface area contributed by atoms with Crippen LogP contribution in [0.5, 0.6) is 28.7 Å². The molecule has 15 heteroatoms. The van der Waals surface area contributed by atoms with Crippen molar-refractivity contribution >= 4 is 11.0 Å². The van der Waals surface area contributed by atoms with E-state index in [-0.39, 0.29) is 28.0 Å². The SMILES string of the molecule is CC1O[C@@H](O[C@H]2C(C)O[C@@H](Oc3cc(-c4cc(=O)c5c(O)cc(O)cc5o4)cc(O)c3O)[C@@H](O)C2O)[C@@H](O)C(O)[C@H]1O. The third kappa shape index (κ3) is 5.32. The highest BCUT2D eigenvalue weighted by atomic mass is 16.7. The number of phenols is 4. The number of phenolic OH excluding ortho intramolecular Hbond substituents is 4. The Morgan fingerprint density at radius 1 is 0.714 bits per heavy atom. The second kappa shape index (κ2) is 11.2. The average Bonchev–Trinajstić information content (AvgIpc) is 2.92. The summed E-state index contributed by atoms with van der Waals surface area (Å²) in [7, 11) is 0. The van der Waals surface area contributed by atoms with E-state index < -0.39 is 89.8 Å². The monoisotopic (exact) mass is 594 g/mol. The first kappa shape index (κ1) is 29.8. The van der Waals surface area contributed by atoms with Crippen LogP contribution < -0.4 is 10.2 Å². The molecule has 9 N–H and O–H groups in total. The van der Waals surface area contributed by atoms with Crippen LogP contribution >= 0.6 is 0 Å². The van der Waals surface area contributed by atoms with Crippen molar-refractivity contribution in [3.8, 4) is 40.1 Å². The van der Waals surface area contributed by atoms with Crippen molar-refractivity contribution in [2.24, 2.45) is 0 Å². The Kier molecular flexibility index (Phi) is 7.95. The number of fused-ring (bicyclic) bond motifs is 1. The number of aromatic hydroxyl groups is 4. The number of benzene rings is 2. The minimum atomic E-state index is -1.81. The van der Waals surface area contributed by atoms with Crippen LogP contribution in [0.3, 0.4) is 0 Å². The second-order valence-electron chi connectivity index (χ2n) is 10.2. The molecule has 3 aromatic rings. The summed E-state index contributed by atoms with van der Waals surface area (Å²) in [6.45, 7) is 2.89. The highest BCUT2D eigenvalue weighted by Crippen LogP contribution is 2.42. The van der Waals surface area contributed by atoms with Gasteiger partial charge in [0.2, 0.25) is 12.0 Å². The second-order valence-corrected chi connectivity index (χ2v) is 10.2. The lowest BCUT2D eigenvalue weighted by atomic mass is 9.97. The summed E-state index contributed by atoms with van der Waals surface area (Å²) in [5.74, 6) is -2.93. The molecule has 2 aliphatic rings. The van der Waals surface area contributed by atoms with E-state index in [9.17, 15) is 50.8 Å². The fraction of sp³-hybridized carbons (Fsp3) is 0.444. The van der Waals surface area contributed by atoms with Gasteiger partial charge in [-0.2, -0.15) is 0 Å². The van der Waals surface area contributed by atoms with E-state index in [0.29, 0.717) is 0 Å². The van der Waals surface area contributed by atoms with Crippen molar-refractivity contribution in [1.29, 1.82) is 0 Å². The fourth-order valence-corrected chi connectivity index (χ4v) is 4.92. The van der Waals surface area contributed by atoms with Gasteiger partial charge in [-0.25, -0.2) is 0 Å². The van der Waals surface area contributed by atoms with Crippen LogP contribution in [0.2, 0.25) is 0 Å². The summed E-state index contributed by atoms with van der Waals surface area (Å²) >= 11 is 0. The molecule has 0 spiro atoms. The molecule has 42 heavy (non-hydrogen) atoms. The number of aliphatic hydroxyl groups excluding tert-OH is 5. The van der Waals surface area contributed by atoms with Crippen LogP contribution in [-0.2, 0) is 14.2 Å². The molecule has 4 unspecified atom stereocenters. The fourth-order valence-electron chi connectivity index (χ4n) is 4.92. The van der Waals surface area contributed by atoms with Crippen LogP contribution in [0.15, 0.2) is 39.5 Å². The van der Waals surface area contributed by atoms with Crippen molar-refractivity contribution < 1.29 is 69.3 Å². The van der Waals surface area contributed by atoms with Gasteiger partial charge in [-0.1, -0.05) is 0 Å². The maximum absolute atomic E-state index is 12.6. The zero-order valence-electron chi connectivity index (χ0n) is 22.1. The minimum absolute atomic E-state index is 0.0144. The van der Waals surface area contributed by atoms with E-state index in [1.807, 2.05) is 0 Å². The normalized spacial score (nSPS) is 33.5. The minimum Gasteiger partial charge on any atom is -0.508 e. The summed E-state index contributed by atoms with van der Waals surface area (Å²) < 4.78 is 27.9. The van der Waals surface area contributed by atoms with Crippen LogP contribution in [0.25, 0.3) is 22.3 Å². The van der Waals surface area contributed by atoms with Gasteiger partial charge in [0.25, 0.3) is 0 Å². The predicted octanol–water partition coefficient (Wildman–Crippen LogP) is -0.660. The number of ether oxygens (including phenoxy) is 4. The molecule has 3 heterocycles. The molecule has 1 aromatic heterocycles. The van der Waals surface area contributed by atoms with Gasteiger partial charge in [0, 0.05) is 23.8 Å². The van der Waals surface area contributed by atoms with Crippen LogP contribution in [0.1, 0.15) is 13.8 Å². The summed E-state index contributed by atoms with van der Waals surface area (Å²) in [4.78, 5) is 12.6. The van der Waals surface area contributed by atoms with Crippen molar-refractivity contribution in [1.82, 2.24) is 0 Å². The molecule has 2 fully saturated rings. The highest BCUT2D eigenvalue weighted by molar-refractivity contribution is 5.86. The molecular formula is C27H30O15. The Hall–Kier alpha value is -3.67. The average molecular weight is 595 g/mol. The van der Waals surface area contributed by atoms with E-state index in [0.717, 1.165) is 30.3 Å². The first-order chi connectivity index (χ1) is 19.8. The molecule has 228 valence electrons. The third-order valence-corrected chi connectivity index (χ3v) is 7.25. The Morgan fingerprint density at radius 2 is 1.38 bits per heavy atom. The van der Waals surface area contributed by atoms with Gasteiger partial charge in [-0.15, -0.1) is 0 Å². The standard InChI is InChI=1S/C27H30O15/c1-8-19(32)21(34)23(36)27(38-8)42-25-9(2)39-26(24(37)22(25)35)41-17-4-10(3-14(31)20(17)33)15-7-13(30)18-12(29)5-11(28)6-16(18)40-15/h3-9,19,21-29,31-37H,1-2H3/t8?,9?,19-,21?,22?,23-,24-,25-,26-,27-/m0/s1. The Morgan fingerprint density at radius 3 is 2.10 bits per heavy atom. The summed E-state index contributed by atoms with van der Waals surface area (Å²) in [6, 6.07) is 5.28. The number of hydrogen-bond acceptors (Lipinski definition) is 15. The molecule has 2 aliphatic heterocycles. The maximum atomic E-state index is 12.6. The molecule has 0 saturated carbocycles. The first-order valence-electron chi connectivity index (χ1n) is 12.9. The topological polar surface area (TPSA) is 249 Å². The van der Waals surface area contributed by atoms with E-state index in [1.165, 1.54) is 13.8 Å². The van der Waals surface area contributed by atoms with Gasteiger partial charge in [-0.3, -0.25) is 4.79 Å². The Bertz CT molecular complexity index is 1520. The Labute approximate surface area is 236 Å². The van der Waals surface area contributed by atoms with Crippen LogP contribution in [0.4, 0.5) is 0 Å². The molecule has 2 aromatic carbocycles. The molecule has 0 radical (unpaired) electrons. The first-order valence-corrected chi connectivity index (χ1v) is 12.9. The van der Waals surface area contributed by atoms with Gasteiger partial charge in [0.15, 0.2) is 23.2 Å². The molecule has 0 amide bonds. The number of rotatable bonds is 5. The van der Waals surface area contributed by atoms with E-state index in [1.54, 1.807) is 0 Å². The van der Waals surface area contributed by atoms with E-state index >= 15 is 0 Å². The molecule has 0 bridgehead atoms. The van der Waals surface area contributed by atoms with Gasteiger partial charge in [-0.05, 0) is 26.0 Å². The molecule has 5 rings (SSSR count). The lowest BCUT2D eigenvalue weighted by Crippen LogP contribution is -2.63. The van der Waals surface area contributed by atoms with Crippen molar-refractivity contribution in [3.05, 3.63) is 40.6 Å². The predicted molar refractivity (Wildman–Crippen MR) is 139 cm³/mol. The molecule has 10 atom stereocenters. The van der Waals surface area contributed by atoms with Gasteiger partial charge in [0.05, 0.1) is 12.2 Å². The molecular weight excluding hydrogens is 564 g/mol. The van der Waals surface area contributed by atoms with Crippen LogP contribution in [0, 0.1) is 0 Å². The number of aliphatic hydroxyl groups is 5. The van der Waals surface area contributed by atoms with E-state index in [4.69, 9.17) is 23.4 Å². The smallest absolute Gasteiger partial charge is 0.229 e. The van der Waals surface area contributed by atoms with Crippen molar-refractivity contribution in [3.63, 3.8) is 0 Å².